The highest BCUT2D eigenvalue weighted by atomic mass is 16.5. The Kier molecular flexibility index (Phi) is 5.54. The number of hydrogen-bond acceptors (Lipinski definition) is 4. The maximum Gasteiger partial charge on any atom is 0.313 e. The first-order chi connectivity index (χ1) is 9.00. The highest BCUT2D eigenvalue weighted by molar-refractivity contribution is 5.76. The van der Waals surface area contributed by atoms with Gasteiger partial charge in [-0.1, -0.05) is 13.8 Å². The van der Waals surface area contributed by atoms with Gasteiger partial charge in [-0.3, -0.25) is 9.48 Å². The minimum absolute atomic E-state index is 0.248. The molecule has 1 heterocycles. The second-order valence-corrected chi connectivity index (χ2v) is 5.19. The first-order valence-electron chi connectivity index (χ1n) is 6.83. The van der Waals surface area contributed by atoms with E-state index in [0.29, 0.717) is 12.5 Å². The summed E-state index contributed by atoms with van der Waals surface area (Å²) in [6.45, 7) is 6.36. The van der Waals surface area contributed by atoms with Crippen LogP contribution in [0.5, 0.6) is 0 Å². The van der Waals surface area contributed by atoms with Crippen molar-refractivity contribution in [2.24, 2.45) is 11.1 Å². The van der Waals surface area contributed by atoms with E-state index in [2.05, 4.69) is 18.9 Å². The van der Waals surface area contributed by atoms with Gasteiger partial charge < -0.3 is 10.5 Å². The zero-order chi connectivity index (χ0) is 14.5. The van der Waals surface area contributed by atoms with Crippen LogP contribution in [0.1, 0.15) is 45.3 Å². The van der Waals surface area contributed by atoms with Crippen molar-refractivity contribution in [2.45, 2.75) is 46.1 Å². The van der Waals surface area contributed by atoms with Crippen molar-refractivity contribution in [3.8, 4) is 0 Å². The minimum atomic E-state index is -0.706. The number of carbonyl (C=O) groups is 1. The molecule has 0 aliphatic rings. The fraction of sp³-hybridized carbons (Fsp3) is 0.714. The van der Waals surface area contributed by atoms with Crippen molar-refractivity contribution in [1.29, 1.82) is 0 Å². The number of esters is 1. The van der Waals surface area contributed by atoms with Crippen LogP contribution in [0, 0.1) is 5.41 Å². The average molecular weight is 267 g/mol. The maximum atomic E-state index is 11.8. The molecule has 0 bridgehead atoms. The summed E-state index contributed by atoms with van der Waals surface area (Å²) in [6, 6.07) is 2.37. The molecule has 19 heavy (non-hydrogen) atoms. The quantitative estimate of drug-likeness (QED) is 0.766. The number of hydrogen-bond donors (Lipinski definition) is 1. The smallest absolute Gasteiger partial charge is 0.313 e. The first kappa shape index (κ1) is 15.7. The number of rotatable bonds is 7. The Morgan fingerprint density at radius 2 is 2.16 bits per heavy atom. The van der Waals surface area contributed by atoms with Crippen molar-refractivity contribution in [3.05, 3.63) is 18.0 Å². The van der Waals surface area contributed by atoms with Gasteiger partial charge in [0, 0.05) is 19.2 Å². The summed E-state index contributed by atoms with van der Waals surface area (Å²) < 4.78 is 6.80. The van der Waals surface area contributed by atoms with Crippen LogP contribution >= 0.6 is 0 Å². The molecule has 2 N–H and O–H groups in total. The molecule has 1 aromatic heterocycles. The molecule has 0 fully saturated rings. The number of ether oxygens (including phenoxy) is 1. The second kappa shape index (κ2) is 6.70. The molecule has 0 saturated heterocycles. The summed E-state index contributed by atoms with van der Waals surface area (Å²) >= 11 is 0. The second-order valence-electron chi connectivity index (χ2n) is 5.19. The fourth-order valence-corrected chi connectivity index (χ4v) is 2.21. The van der Waals surface area contributed by atoms with Crippen LogP contribution in [-0.4, -0.2) is 29.4 Å². The lowest BCUT2D eigenvalue weighted by Crippen LogP contribution is -2.38. The van der Waals surface area contributed by atoms with Crippen LogP contribution in [0.3, 0.4) is 0 Å². The first-order valence-corrected chi connectivity index (χ1v) is 6.83. The van der Waals surface area contributed by atoms with Gasteiger partial charge in [-0.2, -0.15) is 5.10 Å². The molecule has 1 aromatic rings. The molecule has 0 radical (unpaired) electrons. The Hall–Kier alpha value is -1.36. The van der Waals surface area contributed by atoms with Gasteiger partial charge >= 0.3 is 5.97 Å². The summed E-state index contributed by atoms with van der Waals surface area (Å²) in [5.41, 5.74) is 5.89. The Morgan fingerprint density at radius 1 is 1.53 bits per heavy atom. The molecular weight excluding hydrogens is 242 g/mol. The zero-order valence-electron chi connectivity index (χ0n) is 12.3. The minimum Gasteiger partial charge on any atom is -0.469 e. The van der Waals surface area contributed by atoms with Crippen molar-refractivity contribution >= 4 is 5.97 Å². The molecule has 1 atom stereocenters. The van der Waals surface area contributed by atoms with E-state index in [1.54, 1.807) is 0 Å². The Balaban J connectivity index is 2.85. The van der Waals surface area contributed by atoms with E-state index in [0.717, 1.165) is 18.5 Å². The molecule has 0 aliphatic carbocycles. The Morgan fingerprint density at radius 3 is 2.63 bits per heavy atom. The molecule has 0 spiro atoms. The number of carbonyl (C=O) groups excluding carboxylic acids is 1. The third-order valence-corrected chi connectivity index (χ3v) is 3.68. The van der Waals surface area contributed by atoms with E-state index in [4.69, 9.17) is 10.5 Å². The zero-order valence-corrected chi connectivity index (χ0v) is 12.3. The summed E-state index contributed by atoms with van der Waals surface area (Å²) in [7, 11) is 1.39. The lowest BCUT2D eigenvalue weighted by molar-refractivity contribution is -0.151. The van der Waals surface area contributed by atoms with Crippen LogP contribution in [0.2, 0.25) is 0 Å². The standard InChI is InChI=1S/C14H25N3O2/c1-5-12(6-2)17-8-7-11(16-17)9-14(3,10-15)13(18)19-4/h7-8,12H,5-6,9-10,15H2,1-4H3. The van der Waals surface area contributed by atoms with Gasteiger partial charge in [-0.15, -0.1) is 0 Å². The van der Waals surface area contributed by atoms with Gasteiger partial charge in [0.15, 0.2) is 0 Å². The third kappa shape index (κ3) is 3.56. The number of methoxy groups -OCH3 is 1. The van der Waals surface area contributed by atoms with Gasteiger partial charge in [0.05, 0.1) is 24.3 Å². The number of nitrogens with two attached hydrogens (primary N) is 1. The topological polar surface area (TPSA) is 70.1 Å². The molecule has 5 heteroatoms. The van der Waals surface area contributed by atoms with Gasteiger partial charge in [0.25, 0.3) is 0 Å². The van der Waals surface area contributed by atoms with Gasteiger partial charge in [-0.05, 0) is 25.8 Å². The van der Waals surface area contributed by atoms with E-state index in [-0.39, 0.29) is 12.5 Å². The summed E-state index contributed by atoms with van der Waals surface area (Å²) in [6.07, 6.45) is 4.57. The van der Waals surface area contributed by atoms with Crippen molar-refractivity contribution in [1.82, 2.24) is 9.78 Å². The lowest BCUT2D eigenvalue weighted by atomic mass is 9.85. The van der Waals surface area contributed by atoms with E-state index >= 15 is 0 Å². The van der Waals surface area contributed by atoms with E-state index in [1.165, 1.54) is 7.11 Å². The molecule has 0 saturated carbocycles. The van der Waals surface area contributed by atoms with Crippen LogP contribution in [0.15, 0.2) is 12.3 Å². The highest BCUT2D eigenvalue weighted by Crippen LogP contribution is 2.23. The number of aromatic nitrogens is 2. The SMILES string of the molecule is CCC(CC)n1ccc(CC(C)(CN)C(=O)OC)n1. The predicted molar refractivity (Wildman–Crippen MR) is 74.7 cm³/mol. The largest absolute Gasteiger partial charge is 0.469 e. The number of nitrogens with zero attached hydrogens (tertiary/aromatic N) is 2. The van der Waals surface area contributed by atoms with Crippen molar-refractivity contribution in [3.63, 3.8) is 0 Å². The normalized spacial score (nSPS) is 14.4. The third-order valence-electron chi connectivity index (χ3n) is 3.68. The molecule has 1 unspecified atom stereocenters. The van der Waals surface area contributed by atoms with Crippen LogP contribution < -0.4 is 5.73 Å². The van der Waals surface area contributed by atoms with E-state index < -0.39 is 5.41 Å². The molecule has 5 nitrogen and oxygen atoms in total. The maximum absolute atomic E-state index is 11.8. The van der Waals surface area contributed by atoms with Gasteiger partial charge in [0.1, 0.15) is 0 Å². The van der Waals surface area contributed by atoms with Crippen molar-refractivity contribution in [2.75, 3.05) is 13.7 Å². The monoisotopic (exact) mass is 267 g/mol. The van der Waals surface area contributed by atoms with Gasteiger partial charge in [-0.25, -0.2) is 0 Å². The average Bonchev–Trinajstić information content (AvgIpc) is 2.87. The summed E-state index contributed by atoms with van der Waals surface area (Å²) in [4.78, 5) is 11.8. The lowest BCUT2D eigenvalue weighted by Gasteiger charge is -2.23. The molecule has 0 aromatic carbocycles. The summed E-state index contributed by atoms with van der Waals surface area (Å²) in [5.74, 6) is -0.285. The Labute approximate surface area is 115 Å². The van der Waals surface area contributed by atoms with E-state index in [1.807, 2.05) is 23.9 Å². The molecule has 0 aliphatic heterocycles. The van der Waals surface area contributed by atoms with Crippen molar-refractivity contribution < 1.29 is 9.53 Å². The molecular formula is C14H25N3O2. The summed E-state index contributed by atoms with van der Waals surface area (Å²) in [5, 5.41) is 4.56. The van der Waals surface area contributed by atoms with Crippen LogP contribution in [0.25, 0.3) is 0 Å². The molecule has 108 valence electrons. The predicted octanol–water partition coefficient (Wildman–Crippen LogP) is 1.92. The molecule has 1 rings (SSSR count). The van der Waals surface area contributed by atoms with Crippen LogP contribution in [0.4, 0.5) is 0 Å². The molecule has 0 amide bonds. The highest BCUT2D eigenvalue weighted by Gasteiger charge is 2.34. The Bertz CT molecular complexity index is 413. The van der Waals surface area contributed by atoms with Crippen LogP contribution in [-0.2, 0) is 16.0 Å². The fourth-order valence-electron chi connectivity index (χ4n) is 2.21. The van der Waals surface area contributed by atoms with E-state index in [9.17, 15) is 4.79 Å². The van der Waals surface area contributed by atoms with Gasteiger partial charge in [0.2, 0.25) is 0 Å².